The van der Waals surface area contributed by atoms with Crippen molar-refractivity contribution in [2.24, 2.45) is 0 Å². The van der Waals surface area contributed by atoms with E-state index in [9.17, 15) is 9.59 Å². The van der Waals surface area contributed by atoms with Gasteiger partial charge in [-0.3, -0.25) is 14.5 Å². The van der Waals surface area contributed by atoms with Crippen LogP contribution < -0.4 is 0 Å². The van der Waals surface area contributed by atoms with Gasteiger partial charge in [-0.15, -0.1) is 0 Å². The van der Waals surface area contributed by atoms with Crippen molar-refractivity contribution >= 4 is 22.7 Å². The van der Waals surface area contributed by atoms with Gasteiger partial charge in [0.2, 0.25) is 0 Å². The lowest BCUT2D eigenvalue weighted by atomic mass is 10.0. The molecule has 4 aromatic rings. The van der Waals surface area contributed by atoms with Gasteiger partial charge in [0, 0.05) is 22.0 Å². The number of amides is 2. The van der Waals surface area contributed by atoms with Crippen LogP contribution in [-0.2, 0) is 6.54 Å². The van der Waals surface area contributed by atoms with Crippen LogP contribution in [0.25, 0.3) is 22.2 Å². The van der Waals surface area contributed by atoms with Gasteiger partial charge in [0.05, 0.1) is 23.4 Å². The highest BCUT2D eigenvalue weighted by Gasteiger charge is 2.36. The second-order valence-electron chi connectivity index (χ2n) is 7.08. The number of imide groups is 1. The molecule has 2 heterocycles. The zero-order chi connectivity index (χ0) is 19.3. The third-order valence-corrected chi connectivity index (χ3v) is 5.42. The molecule has 0 saturated carbocycles. The predicted molar refractivity (Wildman–Crippen MR) is 109 cm³/mol. The maximum atomic E-state index is 12.9. The number of hydrogen-bond acceptors (Lipinski definition) is 2. The Morgan fingerprint density at radius 1 is 0.750 bits per heavy atom. The molecule has 3 aromatic carbocycles. The first kappa shape index (κ1) is 16.5. The Bertz CT molecular complexity index is 1220. The third-order valence-electron chi connectivity index (χ3n) is 5.42. The standard InChI is InChI=1S/C24H18N2O2/c1-15-8-2-3-9-16(15)22-20(17-10-6-7-13-21(17)25-22)14-26-23(27)18-11-4-5-12-19(18)24(26)28/h2-13,25H,14H2,1H3. The van der Waals surface area contributed by atoms with Crippen molar-refractivity contribution in [3.8, 4) is 11.3 Å². The number of rotatable bonds is 3. The first-order chi connectivity index (χ1) is 13.6. The van der Waals surface area contributed by atoms with Gasteiger partial charge in [0.1, 0.15) is 0 Å². The highest BCUT2D eigenvalue weighted by Crippen LogP contribution is 2.34. The second-order valence-corrected chi connectivity index (χ2v) is 7.08. The molecule has 0 atom stereocenters. The van der Waals surface area contributed by atoms with Crippen LogP contribution in [0.3, 0.4) is 0 Å². The zero-order valence-corrected chi connectivity index (χ0v) is 15.4. The summed E-state index contributed by atoms with van der Waals surface area (Å²) in [5.74, 6) is -0.469. The summed E-state index contributed by atoms with van der Waals surface area (Å²) in [4.78, 5) is 30.6. The lowest BCUT2D eigenvalue weighted by Gasteiger charge is -2.15. The number of fused-ring (bicyclic) bond motifs is 2. The van der Waals surface area contributed by atoms with Crippen LogP contribution in [0.2, 0.25) is 0 Å². The van der Waals surface area contributed by atoms with E-state index in [4.69, 9.17) is 0 Å². The molecule has 28 heavy (non-hydrogen) atoms. The number of para-hydroxylation sites is 1. The molecule has 2 amide bonds. The fourth-order valence-corrected chi connectivity index (χ4v) is 3.99. The van der Waals surface area contributed by atoms with Crippen molar-refractivity contribution in [2.75, 3.05) is 0 Å². The van der Waals surface area contributed by atoms with Crippen LogP contribution in [0.15, 0.2) is 72.8 Å². The molecule has 0 spiro atoms. The zero-order valence-electron chi connectivity index (χ0n) is 15.4. The molecule has 1 aliphatic rings. The monoisotopic (exact) mass is 366 g/mol. The van der Waals surface area contributed by atoms with Gasteiger partial charge in [-0.1, -0.05) is 54.6 Å². The summed E-state index contributed by atoms with van der Waals surface area (Å²) in [5, 5.41) is 1.03. The van der Waals surface area contributed by atoms with E-state index in [1.165, 1.54) is 4.90 Å². The number of H-pyrrole nitrogens is 1. The summed E-state index contributed by atoms with van der Waals surface area (Å²) >= 11 is 0. The molecule has 0 aliphatic carbocycles. The first-order valence-electron chi connectivity index (χ1n) is 9.26. The summed E-state index contributed by atoms with van der Waals surface area (Å²) in [6.45, 7) is 2.30. The minimum Gasteiger partial charge on any atom is -0.354 e. The molecule has 1 aromatic heterocycles. The minimum atomic E-state index is -0.235. The molecule has 0 unspecified atom stereocenters. The smallest absolute Gasteiger partial charge is 0.261 e. The quantitative estimate of drug-likeness (QED) is 0.522. The second kappa shape index (κ2) is 6.20. The molecule has 1 N–H and O–H groups in total. The van der Waals surface area contributed by atoms with E-state index in [0.717, 1.165) is 33.3 Å². The van der Waals surface area contributed by atoms with Crippen LogP contribution in [0.5, 0.6) is 0 Å². The number of nitrogens with zero attached hydrogens (tertiary/aromatic N) is 1. The Labute approximate surface area is 162 Å². The predicted octanol–water partition coefficient (Wildman–Crippen LogP) is 4.94. The number of carbonyl (C=O) groups is 2. The van der Waals surface area contributed by atoms with Crippen molar-refractivity contribution < 1.29 is 9.59 Å². The molecular weight excluding hydrogens is 348 g/mol. The molecule has 4 heteroatoms. The Balaban J connectivity index is 1.66. The van der Waals surface area contributed by atoms with Crippen LogP contribution in [-0.4, -0.2) is 21.7 Å². The molecule has 136 valence electrons. The average molecular weight is 366 g/mol. The van der Waals surface area contributed by atoms with E-state index in [2.05, 4.69) is 24.0 Å². The van der Waals surface area contributed by atoms with E-state index in [1.54, 1.807) is 24.3 Å². The highest BCUT2D eigenvalue weighted by atomic mass is 16.2. The summed E-state index contributed by atoms with van der Waals surface area (Å²) in [6.07, 6.45) is 0. The van der Waals surface area contributed by atoms with E-state index < -0.39 is 0 Å². The lowest BCUT2D eigenvalue weighted by Crippen LogP contribution is -2.29. The Hall–Kier alpha value is -3.66. The fourth-order valence-electron chi connectivity index (χ4n) is 3.99. The van der Waals surface area contributed by atoms with Gasteiger partial charge in [0.15, 0.2) is 0 Å². The molecule has 4 nitrogen and oxygen atoms in total. The summed E-state index contributed by atoms with van der Waals surface area (Å²) in [7, 11) is 0. The largest absolute Gasteiger partial charge is 0.354 e. The van der Waals surface area contributed by atoms with Gasteiger partial charge in [-0.25, -0.2) is 0 Å². The Kier molecular flexibility index (Phi) is 3.66. The topological polar surface area (TPSA) is 53.2 Å². The average Bonchev–Trinajstić information content (AvgIpc) is 3.20. The third kappa shape index (κ3) is 2.38. The highest BCUT2D eigenvalue weighted by molar-refractivity contribution is 6.21. The number of aromatic amines is 1. The molecule has 0 saturated heterocycles. The van der Waals surface area contributed by atoms with Gasteiger partial charge < -0.3 is 4.98 Å². The number of nitrogens with one attached hydrogen (secondary N) is 1. The maximum Gasteiger partial charge on any atom is 0.261 e. The van der Waals surface area contributed by atoms with Crippen LogP contribution in [0.1, 0.15) is 31.8 Å². The fraction of sp³-hybridized carbons (Fsp3) is 0.0833. The number of aryl methyl sites for hydroxylation is 1. The molecule has 0 bridgehead atoms. The number of benzene rings is 3. The SMILES string of the molecule is Cc1ccccc1-c1[nH]c2ccccc2c1CN1C(=O)c2ccccc2C1=O. The lowest BCUT2D eigenvalue weighted by molar-refractivity contribution is 0.0643. The molecule has 1 aliphatic heterocycles. The van der Waals surface area contributed by atoms with Gasteiger partial charge >= 0.3 is 0 Å². The van der Waals surface area contributed by atoms with Gasteiger partial charge in [-0.05, 0) is 30.7 Å². The van der Waals surface area contributed by atoms with E-state index >= 15 is 0 Å². The Morgan fingerprint density at radius 2 is 1.32 bits per heavy atom. The first-order valence-corrected chi connectivity index (χ1v) is 9.26. The van der Waals surface area contributed by atoms with Gasteiger partial charge in [-0.2, -0.15) is 0 Å². The number of hydrogen-bond donors (Lipinski definition) is 1. The molecular formula is C24H18N2O2. The number of aromatic nitrogens is 1. The van der Waals surface area contributed by atoms with E-state index in [0.29, 0.717) is 11.1 Å². The molecule has 0 radical (unpaired) electrons. The molecule has 0 fully saturated rings. The number of carbonyl (C=O) groups excluding carboxylic acids is 2. The van der Waals surface area contributed by atoms with Crippen molar-refractivity contribution in [1.82, 2.24) is 9.88 Å². The van der Waals surface area contributed by atoms with E-state index in [1.807, 2.05) is 36.4 Å². The van der Waals surface area contributed by atoms with Crippen molar-refractivity contribution in [3.63, 3.8) is 0 Å². The summed E-state index contributed by atoms with van der Waals surface area (Å²) in [5.41, 5.74) is 6.07. The van der Waals surface area contributed by atoms with Crippen molar-refractivity contribution in [3.05, 3.63) is 95.1 Å². The van der Waals surface area contributed by atoms with Crippen LogP contribution in [0.4, 0.5) is 0 Å². The maximum absolute atomic E-state index is 12.9. The normalized spacial score (nSPS) is 13.4. The summed E-state index contributed by atoms with van der Waals surface area (Å²) in [6, 6.07) is 23.1. The Morgan fingerprint density at radius 3 is 2.00 bits per heavy atom. The minimum absolute atomic E-state index is 0.235. The molecule has 5 rings (SSSR count). The van der Waals surface area contributed by atoms with Crippen LogP contribution in [0, 0.1) is 6.92 Å². The van der Waals surface area contributed by atoms with Gasteiger partial charge in [0.25, 0.3) is 11.8 Å². The van der Waals surface area contributed by atoms with Crippen LogP contribution >= 0.6 is 0 Å². The van der Waals surface area contributed by atoms with Crippen molar-refractivity contribution in [1.29, 1.82) is 0 Å². The van der Waals surface area contributed by atoms with Crippen molar-refractivity contribution in [2.45, 2.75) is 13.5 Å². The van der Waals surface area contributed by atoms with E-state index in [-0.39, 0.29) is 18.4 Å². The summed E-state index contributed by atoms with van der Waals surface area (Å²) < 4.78 is 0.